The molecule has 3 rings (SSSR count). The molecule has 100 valence electrons. The number of hydrogen-bond donors (Lipinski definition) is 0. The largest absolute Gasteiger partial charge is 0.303 e. The Morgan fingerprint density at radius 1 is 0.895 bits per heavy atom. The van der Waals surface area contributed by atoms with Crippen LogP contribution in [-0.2, 0) is 0 Å². The van der Waals surface area contributed by atoms with E-state index in [0.717, 1.165) is 0 Å². The number of fused-ring (bicyclic) bond motifs is 1. The third kappa shape index (κ3) is 3.52. The van der Waals surface area contributed by atoms with Crippen LogP contribution in [0.2, 0.25) is 0 Å². The van der Waals surface area contributed by atoms with Crippen LogP contribution in [-0.4, -0.2) is 30.3 Å². The number of likely N-dealkylation sites (tertiary alicyclic amines) is 1. The van der Waals surface area contributed by atoms with E-state index in [0.29, 0.717) is 0 Å². The number of benzene rings is 2. The van der Waals surface area contributed by atoms with Crippen LogP contribution in [0.5, 0.6) is 0 Å². The summed E-state index contributed by atoms with van der Waals surface area (Å²) < 4.78 is 0. The predicted molar refractivity (Wildman–Crippen MR) is 85.0 cm³/mol. The summed E-state index contributed by atoms with van der Waals surface area (Å²) in [6.07, 6.45) is 4.20. The van der Waals surface area contributed by atoms with E-state index in [9.17, 15) is 0 Å². The van der Waals surface area contributed by atoms with E-state index >= 15 is 0 Å². The highest BCUT2D eigenvalue weighted by Gasteiger charge is 2.09. The van der Waals surface area contributed by atoms with Crippen LogP contribution in [0.1, 0.15) is 19.3 Å². The number of nitrogens with zero attached hydrogens (tertiary/aromatic N) is 1. The second-order valence-electron chi connectivity index (χ2n) is 5.26. The summed E-state index contributed by atoms with van der Waals surface area (Å²) in [5.74, 6) is 1.21. The number of rotatable bonds is 4. The van der Waals surface area contributed by atoms with Crippen molar-refractivity contribution < 1.29 is 0 Å². The first kappa shape index (κ1) is 13.0. The molecular weight excluding hydrogens is 250 g/mol. The SMILES string of the molecule is c1ccc2cc(SCCN3CCCCC3)ccc2c1. The maximum Gasteiger partial charge on any atom is 0.0108 e. The van der Waals surface area contributed by atoms with E-state index in [4.69, 9.17) is 0 Å². The molecular formula is C17H21NS. The highest BCUT2D eigenvalue weighted by atomic mass is 32.2. The van der Waals surface area contributed by atoms with E-state index in [1.807, 2.05) is 11.8 Å². The molecule has 0 saturated carbocycles. The van der Waals surface area contributed by atoms with Gasteiger partial charge in [-0.2, -0.15) is 0 Å². The monoisotopic (exact) mass is 271 g/mol. The molecule has 2 aromatic rings. The molecule has 1 aliphatic rings. The van der Waals surface area contributed by atoms with Gasteiger partial charge in [0.15, 0.2) is 0 Å². The van der Waals surface area contributed by atoms with Gasteiger partial charge in [0.1, 0.15) is 0 Å². The molecule has 0 radical (unpaired) electrons. The number of piperidine rings is 1. The molecule has 0 unspecified atom stereocenters. The summed E-state index contributed by atoms with van der Waals surface area (Å²) in [7, 11) is 0. The first-order valence-electron chi connectivity index (χ1n) is 7.26. The zero-order chi connectivity index (χ0) is 12.9. The highest BCUT2D eigenvalue weighted by molar-refractivity contribution is 7.99. The number of thioether (sulfide) groups is 1. The topological polar surface area (TPSA) is 3.24 Å². The molecule has 0 aliphatic carbocycles. The Balaban J connectivity index is 1.56. The Labute approximate surface area is 120 Å². The van der Waals surface area contributed by atoms with Gasteiger partial charge in [-0.15, -0.1) is 11.8 Å². The quantitative estimate of drug-likeness (QED) is 0.757. The van der Waals surface area contributed by atoms with Gasteiger partial charge in [-0.25, -0.2) is 0 Å². The van der Waals surface area contributed by atoms with Crippen LogP contribution in [0.4, 0.5) is 0 Å². The molecule has 0 spiro atoms. The average molecular weight is 271 g/mol. The molecule has 0 N–H and O–H groups in total. The van der Waals surface area contributed by atoms with Crippen LogP contribution in [0.25, 0.3) is 10.8 Å². The molecule has 2 aromatic carbocycles. The van der Waals surface area contributed by atoms with E-state index in [1.165, 1.54) is 60.3 Å². The summed E-state index contributed by atoms with van der Waals surface area (Å²) in [6.45, 7) is 3.84. The van der Waals surface area contributed by atoms with Gasteiger partial charge in [0.2, 0.25) is 0 Å². The highest BCUT2D eigenvalue weighted by Crippen LogP contribution is 2.23. The predicted octanol–water partition coefficient (Wildman–Crippen LogP) is 4.42. The lowest BCUT2D eigenvalue weighted by Gasteiger charge is -2.26. The maximum absolute atomic E-state index is 2.61. The Hall–Kier alpha value is -0.990. The van der Waals surface area contributed by atoms with Crippen molar-refractivity contribution in [2.75, 3.05) is 25.4 Å². The van der Waals surface area contributed by atoms with Gasteiger partial charge in [-0.05, 0) is 48.8 Å². The lowest BCUT2D eigenvalue weighted by atomic mass is 10.1. The van der Waals surface area contributed by atoms with E-state index in [1.54, 1.807) is 0 Å². The normalized spacial score (nSPS) is 16.8. The zero-order valence-electron chi connectivity index (χ0n) is 11.3. The standard InChI is InChI=1S/C17H21NS/c1-4-10-18(11-5-1)12-13-19-17-9-8-15-6-2-3-7-16(15)14-17/h2-3,6-9,14H,1,4-5,10-13H2. The first-order chi connectivity index (χ1) is 9.42. The zero-order valence-corrected chi connectivity index (χ0v) is 12.2. The molecule has 0 aromatic heterocycles. The fraction of sp³-hybridized carbons (Fsp3) is 0.412. The van der Waals surface area contributed by atoms with Crippen molar-refractivity contribution in [1.29, 1.82) is 0 Å². The van der Waals surface area contributed by atoms with Gasteiger partial charge < -0.3 is 4.90 Å². The van der Waals surface area contributed by atoms with Crippen LogP contribution in [0.3, 0.4) is 0 Å². The summed E-state index contributed by atoms with van der Waals surface area (Å²) in [5.41, 5.74) is 0. The van der Waals surface area contributed by atoms with Crippen LogP contribution in [0.15, 0.2) is 47.4 Å². The van der Waals surface area contributed by atoms with Gasteiger partial charge in [0.05, 0.1) is 0 Å². The molecule has 0 amide bonds. The Kier molecular flexibility index (Phi) is 4.41. The molecule has 1 heterocycles. The van der Waals surface area contributed by atoms with Crippen LogP contribution >= 0.6 is 11.8 Å². The van der Waals surface area contributed by atoms with Gasteiger partial charge in [0.25, 0.3) is 0 Å². The van der Waals surface area contributed by atoms with Gasteiger partial charge in [0, 0.05) is 17.2 Å². The van der Waals surface area contributed by atoms with Gasteiger partial charge in [-0.3, -0.25) is 0 Å². The molecule has 1 saturated heterocycles. The van der Waals surface area contributed by atoms with Crippen molar-refractivity contribution in [3.05, 3.63) is 42.5 Å². The fourth-order valence-corrected chi connectivity index (χ4v) is 3.69. The Bertz CT molecular complexity index is 532. The van der Waals surface area contributed by atoms with Crippen LogP contribution in [0, 0.1) is 0 Å². The first-order valence-corrected chi connectivity index (χ1v) is 8.24. The second kappa shape index (κ2) is 6.44. The molecule has 1 nitrogen and oxygen atoms in total. The smallest absolute Gasteiger partial charge is 0.0108 e. The fourth-order valence-electron chi connectivity index (χ4n) is 2.73. The van der Waals surface area contributed by atoms with Gasteiger partial charge >= 0.3 is 0 Å². The minimum Gasteiger partial charge on any atom is -0.303 e. The number of hydrogen-bond acceptors (Lipinski definition) is 2. The van der Waals surface area contributed by atoms with Crippen molar-refractivity contribution in [2.45, 2.75) is 24.2 Å². The Morgan fingerprint density at radius 3 is 2.53 bits per heavy atom. The third-order valence-electron chi connectivity index (χ3n) is 3.85. The van der Waals surface area contributed by atoms with Crippen molar-refractivity contribution in [3.63, 3.8) is 0 Å². The van der Waals surface area contributed by atoms with Crippen molar-refractivity contribution in [1.82, 2.24) is 4.90 Å². The van der Waals surface area contributed by atoms with E-state index in [2.05, 4.69) is 47.4 Å². The second-order valence-corrected chi connectivity index (χ2v) is 6.43. The molecule has 19 heavy (non-hydrogen) atoms. The summed E-state index contributed by atoms with van der Waals surface area (Å²) in [4.78, 5) is 4.01. The molecule has 1 fully saturated rings. The summed E-state index contributed by atoms with van der Waals surface area (Å²) in [6, 6.07) is 15.4. The summed E-state index contributed by atoms with van der Waals surface area (Å²) >= 11 is 1.99. The lowest BCUT2D eigenvalue weighted by molar-refractivity contribution is 0.242. The average Bonchev–Trinajstić information content (AvgIpc) is 2.48. The molecule has 2 heteroatoms. The van der Waals surface area contributed by atoms with Crippen LogP contribution < -0.4 is 0 Å². The third-order valence-corrected chi connectivity index (χ3v) is 4.82. The van der Waals surface area contributed by atoms with E-state index in [-0.39, 0.29) is 0 Å². The molecule has 0 bridgehead atoms. The molecule has 0 atom stereocenters. The van der Waals surface area contributed by atoms with E-state index < -0.39 is 0 Å². The van der Waals surface area contributed by atoms with Gasteiger partial charge in [-0.1, -0.05) is 36.8 Å². The van der Waals surface area contributed by atoms with Crippen molar-refractivity contribution in [3.8, 4) is 0 Å². The maximum atomic E-state index is 2.61. The van der Waals surface area contributed by atoms with Crippen molar-refractivity contribution >= 4 is 22.5 Å². The molecule has 1 aliphatic heterocycles. The minimum atomic E-state index is 1.21. The van der Waals surface area contributed by atoms with Crippen molar-refractivity contribution in [2.24, 2.45) is 0 Å². The lowest BCUT2D eigenvalue weighted by Crippen LogP contribution is -2.31. The summed E-state index contributed by atoms with van der Waals surface area (Å²) in [5, 5.41) is 2.69. The Morgan fingerprint density at radius 2 is 1.68 bits per heavy atom. The minimum absolute atomic E-state index is 1.21.